The van der Waals surface area contributed by atoms with Gasteiger partial charge in [0.05, 0.1) is 0 Å². The third-order valence-corrected chi connectivity index (χ3v) is 5.52. The van der Waals surface area contributed by atoms with E-state index in [0.717, 1.165) is 24.3 Å². The molecule has 3 atom stereocenters. The van der Waals surface area contributed by atoms with E-state index in [9.17, 15) is 0 Å². The van der Waals surface area contributed by atoms with Crippen LogP contribution in [0.5, 0.6) is 0 Å². The summed E-state index contributed by atoms with van der Waals surface area (Å²) in [6.07, 6.45) is 4.11. The van der Waals surface area contributed by atoms with Crippen LogP contribution in [-0.2, 0) is 0 Å². The highest BCUT2D eigenvalue weighted by molar-refractivity contribution is 9.10. The van der Waals surface area contributed by atoms with E-state index in [4.69, 9.17) is 0 Å². The molecule has 16 heavy (non-hydrogen) atoms. The zero-order valence-electron chi connectivity index (χ0n) is 10.0. The van der Waals surface area contributed by atoms with Crippen LogP contribution >= 0.6 is 27.3 Å². The van der Waals surface area contributed by atoms with Crippen molar-refractivity contribution < 1.29 is 0 Å². The first kappa shape index (κ1) is 12.6. The zero-order valence-corrected chi connectivity index (χ0v) is 12.4. The van der Waals surface area contributed by atoms with Crippen LogP contribution in [0.15, 0.2) is 15.2 Å². The van der Waals surface area contributed by atoms with Crippen LogP contribution in [0.1, 0.15) is 37.7 Å². The summed E-state index contributed by atoms with van der Waals surface area (Å²) in [6.45, 7) is 3.54. The molecular weight excluding hydrogens is 282 g/mol. The van der Waals surface area contributed by atoms with Crippen molar-refractivity contribution in [2.45, 2.75) is 32.1 Å². The first-order valence-electron chi connectivity index (χ1n) is 6.08. The van der Waals surface area contributed by atoms with E-state index in [-0.39, 0.29) is 0 Å². The zero-order chi connectivity index (χ0) is 11.5. The van der Waals surface area contributed by atoms with Crippen molar-refractivity contribution in [2.24, 2.45) is 11.8 Å². The van der Waals surface area contributed by atoms with E-state index in [2.05, 4.69) is 46.0 Å². The predicted octanol–water partition coefficient (Wildman–Crippen LogP) is 4.25. The van der Waals surface area contributed by atoms with Crippen LogP contribution in [0.2, 0.25) is 0 Å². The molecule has 2 rings (SSSR count). The quantitative estimate of drug-likeness (QED) is 0.880. The lowest BCUT2D eigenvalue weighted by Gasteiger charge is -2.35. The molecule has 1 aliphatic rings. The average Bonchev–Trinajstić information content (AvgIpc) is 2.67. The number of thiophene rings is 1. The monoisotopic (exact) mass is 301 g/mol. The molecule has 0 spiro atoms. The Kier molecular flexibility index (Phi) is 4.45. The van der Waals surface area contributed by atoms with Gasteiger partial charge in [-0.05, 0) is 71.1 Å². The number of hydrogen-bond acceptors (Lipinski definition) is 2. The lowest BCUT2D eigenvalue weighted by Crippen LogP contribution is -2.29. The average molecular weight is 302 g/mol. The molecule has 1 fully saturated rings. The molecule has 0 bridgehead atoms. The van der Waals surface area contributed by atoms with Gasteiger partial charge >= 0.3 is 0 Å². The van der Waals surface area contributed by atoms with Crippen molar-refractivity contribution in [3.8, 4) is 0 Å². The van der Waals surface area contributed by atoms with Crippen molar-refractivity contribution in [3.05, 3.63) is 20.8 Å². The van der Waals surface area contributed by atoms with Gasteiger partial charge in [0, 0.05) is 9.85 Å². The van der Waals surface area contributed by atoms with Crippen molar-refractivity contribution in [1.82, 2.24) is 5.32 Å². The largest absolute Gasteiger partial charge is 0.319 e. The van der Waals surface area contributed by atoms with Gasteiger partial charge in [0.25, 0.3) is 0 Å². The highest BCUT2D eigenvalue weighted by atomic mass is 79.9. The van der Waals surface area contributed by atoms with Gasteiger partial charge in [0.15, 0.2) is 0 Å². The molecule has 1 N–H and O–H groups in total. The maximum Gasteiger partial charge on any atom is 0.0317 e. The molecule has 1 nitrogen and oxygen atoms in total. The standard InChI is InChI=1S/C13H20BrNS/c1-9-3-4-10(6-15-2)11(5-9)12-7-16-8-13(12)14/h7-11,15H,3-6H2,1-2H3. The van der Waals surface area contributed by atoms with Gasteiger partial charge in [0.1, 0.15) is 0 Å². The van der Waals surface area contributed by atoms with Gasteiger partial charge in [-0.1, -0.05) is 13.3 Å². The number of rotatable bonds is 3. The molecule has 90 valence electrons. The minimum atomic E-state index is 0.747. The molecule has 3 unspecified atom stereocenters. The second-order valence-corrected chi connectivity index (χ2v) is 6.62. The fourth-order valence-corrected chi connectivity index (χ4v) is 4.54. The normalized spacial score (nSPS) is 30.6. The summed E-state index contributed by atoms with van der Waals surface area (Å²) in [5, 5.41) is 7.89. The fraction of sp³-hybridized carbons (Fsp3) is 0.692. The van der Waals surface area contributed by atoms with Crippen LogP contribution < -0.4 is 5.32 Å². The molecule has 1 saturated carbocycles. The Morgan fingerprint density at radius 1 is 1.44 bits per heavy atom. The Labute approximate surface area is 111 Å². The summed E-state index contributed by atoms with van der Waals surface area (Å²) in [6, 6.07) is 0. The predicted molar refractivity (Wildman–Crippen MR) is 75.2 cm³/mol. The van der Waals surface area contributed by atoms with Gasteiger partial charge < -0.3 is 5.32 Å². The molecule has 1 aromatic rings. The minimum Gasteiger partial charge on any atom is -0.319 e. The van der Waals surface area contributed by atoms with Crippen LogP contribution in [0.3, 0.4) is 0 Å². The Morgan fingerprint density at radius 3 is 2.88 bits per heavy atom. The highest BCUT2D eigenvalue weighted by Crippen LogP contribution is 2.43. The highest BCUT2D eigenvalue weighted by Gasteiger charge is 2.30. The molecule has 1 aromatic heterocycles. The Morgan fingerprint density at radius 2 is 2.25 bits per heavy atom. The Bertz CT molecular complexity index is 336. The first-order valence-corrected chi connectivity index (χ1v) is 7.82. The van der Waals surface area contributed by atoms with Gasteiger partial charge in [-0.3, -0.25) is 0 Å². The van der Waals surface area contributed by atoms with Crippen LogP contribution in [-0.4, -0.2) is 13.6 Å². The lowest BCUT2D eigenvalue weighted by atomic mass is 9.72. The van der Waals surface area contributed by atoms with Crippen molar-refractivity contribution >= 4 is 27.3 Å². The number of nitrogens with one attached hydrogen (secondary N) is 1. The summed E-state index contributed by atoms with van der Waals surface area (Å²) in [4.78, 5) is 0. The second kappa shape index (κ2) is 5.65. The molecule has 1 heterocycles. The van der Waals surface area contributed by atoms with Crippen molar-refractivity contribution in [1.29, 1.82) is 0 Å². The minimum absolute atomic E-state index is 0.747. The van der Waals surface area contributed by atoms with Gasteiger partial charge in [0.2, 0.25) is 0 Å². The van der Waals surface area contributed by atoms with Crippen molar-refractivity contribution in [2.75, 3.05) is 13.6 Å². The Hall–Kier alpha value is 0.140. The fourth-order valence-electron chi connectivity index (χ4n) is 2.89. The summed E-state index contributed by atoms with van der Waals surface area (Å²) < 4.78 is 1.32. The topological polar surface area (TPSA) is 12.0 Å². The molecule has 0 saturated heterocycles. The smallest absolute Gasteiger partial charge is 0.0317 e. The molecule has 0 amide bonds. The molecule has 0 radical (unpaired) electrons. The molecular formula is C13H20BrNS. The van der Waals surface area contributed by atoms with E-state index in [0.29, 0.717) is 0 Å². The van der Waals surface area contributed by atoms with Gasteiger partial charge in [-0.2, -0.15) is 11.3 Å². The lowest BCUT2D eigenvalue weighted by molar-refractivity contribution is 0.245. The summed E-state index contributed by atoms with van der Waals surface area (Å²) in [7, 11) is 2.07. The van der Waals surface area contributed by atoms with Crippen LogP contribution in [0.4, 0.5) is 0 Å². The number of hydrogen-bond donors (Lipinski definition) is 1. The van der Waals surface area contributed by atoms with Crippen LogP contribution in [0.25, 0.3) is 0 Å². The molecule has 0 aromatic carbocycles. The second-order valence-electron chi connectivity index (χ2n) is 5.02. The maximum atomic E-state index is 3.69. The van der Waals surface area contributed by atoms with Crippen LogP contribution in [0, 0.1) is 11.8 Å². The molecule has 3 heteroatoms. The summed E-state index contributed by atoms with van der Waals surface area (Å²) in [5.41, 5.74) is 1.54. The summed E-state index contributed by atoms with van der Waals surface area (Å²) in [5.74, 6) is 2.44. The van der Waals surface area contributed by atoms with Gasteiger partial charge in [-0.15, -0.1) is 0 Å². The van der Waals surface area contributed by atoms with Gasteiger partial charge in [-0.25, -0.2) is 0 Å². The molecule has 0 aliphatic heterocycles. The van der Waals surface area contributed by atoms with E-state index in [1.54, 1.807) is 0 Å². The van der Waals surface area contributed by atoms with E-state index in [1.165, 1.54) is 29.3 Å². The molecule has 1 aliphatic carbocycles. The SMILES string of the molecule is CNCC1CCC(C)CC1c1cscc1Br. The maximum absolute atomic E-state index is 3.69. The number of halogens is 1. The van der Waals surface area contributed by atoms with E-state index in [1.807, 2.05) is 11.3 Å². The summed E-state index contributed by atoms with van der Waals surface area (Å²) >= 11 is 5.50. The Balaban J connectivity index is 2.17. The third-order valence-electron chi connectivity index (χ3n) is 3.76. The van der Waals surface area contributed by atoms with E-state index >= 15 is 0 Å². The van der Waals surface area contributed by atoms with Crippen molar-refractivity contribution in [3.63, 3.8) is 0 Å². The van der Waals surface area contributed by atoms with E-state index < -0.39 is 0 Å². The third kappa shape index (κ3) is 2.69. The first-order chi connectivity index (χ1) is 7.72.